The van der Waals surface area contributed by atoms with Gasteiger partial charge in [-0.15, -0.1) is 0 Å². The van der Waals surface area contributed by atoms with Gasteiger partial charge in [0.05, 0.1) is 12.0 Å². The molecule has 0 bridgehead atoms. The lowest BCUT2D eigenvalue weighted by atomic mass is 9.77. The third kappa shape index (κ3) is 4.35. The number of nitrogens with one attached hydrogen (secondary N) is 1. The second kappa shape index (κ2) is 7.30. The summed E-state index contributed by atoms with van der Waals surface area (Å²) in [5, 5.41) is 21.1. The fourth-order valence-electron chi connectivity index (χ4n) is 2.66. The predicted octanol–water partition coefficient (Wildman–Crippen LogP) is 2.21. The molecule has 6 nitrogen and oxygen atoms in total. The van der Waals surface area contributed by atoms with E-state index < -0.39 is 17.5 Å². The van der Waals surface area contributed by atoms with E-state index in [1.807, 2.05) is 6.92 Å². The monoisotopic (exact) mass is 295 g/mol. The molecule has 1 aliphatic rings. The molecule has 21 heavy (non-hydrogen) atoms. The first-order chi connectivity index (χ1) is 9.84. The van der Waals surface area contributed by atoms with E-state index in [2.05, 4.69) is 18.3 Å². The Morgan fingerprint density at radius 1 is 1.48 bits per heavy atom. The second-order valence-electron chi connectivity index (χ2n) is 6.07. The van der Waals surface area contributed by atoms with Gasteiger partial charge in [-0.05, 0) is 45.4 Å². The number of nitrogens with zero attached hydrogens (tertiary/aromatic N) is 2. The maximum Gasteiger partial charge on any atom is 0.329 e. The molecular weight excluding hydrogens is 270 g/mol. The van der Waals surface area contributed by atoms with E-state index in [1.54, 1.807) is 6.92 Å². The highest BCUT2D eigenvalue weighted by Crippen LogP contribution is 2.32. The van der Waals surface area contributed by atoms with E-state index in [0.29, 0.717) is 31.8 Å². The van der Waals surface area contributed by atoms with Crippen molar-refractivity contribution in [3.63, 3.8) is 0 Å². The van der Waals surface area contributed by atoms with Crippen LogP contribution in [-0.2, 0) is 4.79 Å². The number of aliphatic carboxylic acids is 1. The summed E-state index contributed by atoms with van der Waals surface area (Å²) < 4.78 is 0. The fraction of sp³-hybridized carbons (Fsp3) is 0.800. The van der Waals surface area contributed by atoms with E-state index >= 15 is 0 Å². The van der Waals surface area contributed by atoms with E-state index in [9.17, 15) is 14.7 Å². The molecular formula is C15H25N3O3. The van der Waals surface area contributed by atoms with Crippen LogP contribution in [0.15, 0.2) is 0 Å². The summed E-state index contributed by atoms with van der Waals surface area (Å²) in [5.41, 5.74) is -1.16. The lowest BCUT2D eigenvalue weighted by molar-refractivity contribution is -0.146. The summed E-state index contributed by atoms with van der Waals surface area (Å²) in [6.45, 7) is 6.42. The van der Waals surface area contributed by atoms with Gasteiger partial charge in [-0.25, -0.2) is 9.59 Å². The van der Waals surface area contributed by atoms with Crippen LogP contribution in [0.2, 0.25) is 0 Å². The average Bonchev–Trinajstić information content (AvgIpc) is 2.46. The van der Waals surface area contributed by atoms with Crippen molar-refractivity contribution in [2.24, 2.45) is 11.8 Å². The SMILES string of the molecule is CCN(CC(C)C#N)C(=O)NC1(C(=O)O)CCC(C)CC1. The van der Waals surface area contributed by atoms with Crippen LogP contribution in [0.1, 0.15) is 46.5 Å². The molecule has 1 aliphatic carbocycles. The Kier molecular flexibility index (Phi) is 6.01. The zero-order valence-electron chi connectivity index (χ0n) is 13.1. The minimum absolute atomic E-state index is 0.275. The molecule has 0 radical (unpaired) electrons. The van der Waals surface area contributed by atoms with Gasteiger partial charge < -0.3 is 15.3 Å². The number of urea groups is 1. The van der Waals surface area contributed by atoms with Gasteiger partial charge in [0.1, 0.15) is 5.54 Å². The summed E-state index contributed by atoms with van der Waals surface area (Å²) in [5.74, 6) is -0.745. The van der Waals surface area contributed by atoms with E-state index in [0.717, 1.165) is 12.8 Å². The minimum Gasteiger partial charge on any atom is -0.480 e. The largest absolute Gasteiger partial charge is 0.480 e. The Bertz CT molecular complexity index is 422. The standard InChI is InChI=1S/C15H25N3O3/c1-4-18(10-12(3)9-16)14(21)17-15(13(19)20)7-5-11(2)6-8-15/h11-12H,4-8,10H2,1-3H3,(H,17,21)(H,19,20). The highest BCUT2D eigenvalue weighted by molar-refractivity contribution is 5.86. The van der Waals surface area contributed by atoms with Gasteiger partial charge in [-0.3, -0.25) is 0 Å². The van der Waals surface area contributed by atoms with Crippen molar-refractivity contribution in [2.45, 2.75) is 52.0 Å². The van der Waals surface area contributed by atoms with Gasteiger partial charge in [0.2, 0.25) is 0 Å². The van der Waals surface area contributed by atoms with Crippen molar-refractivity contribution in [3.8, 4) is 6.07 Å². The first-order valence-corrected chi connectivity index (χ1v) is 7.54. The maximum atomic E-state index is 12.3. The number of carboxylic acids is 1. The van der Waals surface area contributed by atoms with Crippen LogP contribution in [0.3, 0.4) is 0 Å². The van der Waals surface area contributed by atoms with Crippen LogP contribution in [0, 0.1) is 23.2 Å². The Morgan fingerprint density at radius 2 is 2.05 bits per heavy atom. The number of rotatable bonds is 5. The van der Waals surface area contributed by atoms with Crippen molar-refractivity contribution in [1.82, 2.24) is 10.2 Å². The van der Waals surface area contributed by atoms with Crippen LogP contribution in [-0.4, -0.2) is 40.6 Å². The van der Waals surface area contributed by atoms with Crippen LogP contribution in [0.5, 0.6) is 0 Å². The van der Waals surface area contributed by atoms with E-state index in [4.69, 9.17) is 5.26 Å². The van der Waals surface area contributed by atoms with Gasteiger partial charge in [-0.1, -0.05) is 6.92 Å². The summed E-state index contributed by atoms with van der Waals surface area (Å²) >= 11 is 0. The lowest BCUT2D eigenvalue weighted by Crippen LogP contribution is -2.59. The number of hydrogen-bond donors (Lipinski definition) is 2. The lowest BCUT2D eigenvalue weighted by Gasteiger charge is -2.38. The number of hydrogen-bond acceptors (Lipinski definition) is 3. The van der Waals surface area contributed by atoms with Crippen LogP contribution < -0.4 is 5.32 Å². The summed E-state index contributed by atoms with van der Waals surface area (Å²) in [6, 6.07) is 1.70. The third-order valence-corrected chi connectivity index (χ3v) is 4.27. The van der Waals surface area contributed by atoms with Crippen LogP contribution >= 0.6 is 0 Å². The smallest absolute Gasteiger partial charge is 0.329 e. The van der Waals surface area contributed by atoms with Crippen molar-refractivity contribution in [1.29, 1.82) is 5.26 Å². The summed E-state index contributed by atoms with van der Waals surface area (Å²) in [4.78, 5) is 25.4. The van der Waals surface area contributed by atoms with Gasteiger partial charge in [-0.2, -0.15) is 5.26 Å². The predicted molar refractivity (Wildman–Crippen MR) is 78.6 cm³/mol. The molecule has 0 spiro atoms. The molecule has 1 fully saturated rings. The maximum absolute atomic E-state index is 12.3. The number of nitriles is 1. The Hall–Kier alpha value is -1.77. The number of carboxylic acid groups (broad SMARTS) is 1. The third-order valence-electron chi connectivity index (χ3n) is 4.27. The molecule has 1 saturated carbocycles. The molecule has 0 aliphatic heterocycles. The van der Waals surface area contributed by atoms with Crippen LogP contribution in [0.25, 0.3) is 0 Å². The van der Waals surface area contributed by atoms with Crippen molar-refractivity contribution in [2.75, 3.05) is 13.1 Å². The molecule has 0 saturated heterocycles. The quantitative estimate of drug-likeness (QED) is 0.813. The zero-order valence-corrected chi connectivity index (χ0v) is 13.1. The van der Waals surface area contributed by atoms with Crippen molar-refractivity contribution >= 4 is 12.0 Å². The van der Waals surface area contributed by atoms with E-state index in [1.165, 1.54) is 4.90 Å². The summed E-state index contributed by atoms with van der Waals surface area (Å²) in [7, 11) is 0. The number of carbonyl (C=O) groups is 2. The second-order valence-corrected chi connectivity index (χ2v) is 6.07. The molecule has 0 heterocycles. The molecule has 6 heteroatoms. The Labute approximate surface area is 126 Å². The van der Waals surface area contributed by atoms with Gasteiger partial charge in [0.25, 0.3) is 0 Å². The molecule has 118 valence electrons. The minimum atomic E-state index is -1.16. The Morgan fingerprint density at radius 3 is 2.48 bits per heavy atom. The molecule has 0 aromatic rings. The first-order valence-electron chi connectivity index (χ1n) is 7.54. The highest BCUT2D eigenvalue weighted by atomic mass is 16.4. The first kappa shape index (κ1) is 17.3. The highest BCUT2D eigenvalue weighted by Gasteiger charge is 2.43. The molecule has 0 aromatic carbocycles. The average molecular weight is 295 g/mol. The van der Waals surface area contributed by atoms with Gasteiger partial charge in [0, 0.05) is 13.1 Å². The molecule has 2 N–H and O–H groups in total. The molecule has 1 rings (SSSR count). The van der Waals surface area contributed by atoms with Crippen molar-refractivity contribution in [3.05, 3.63) is 0 Å². The number of amides is 2. The van der Waals surface area contributed by atoms with Crippen molar-refractivity contribution < 1.29 is 14.7 Å². The molecule has 2 amide bonds. The summed E-state index contributed by atoms with van der Waals surface area (Å²) in [6.07, 6.45) is 2.52. The fourth-order valence-corrected chi connectivity index (χ4v) is 2.66. The Balaban J connectivity index is 2.77. The molecule has 1 atom stereocenters. The molecule has 1 unspecified atom stereocenters. The van der Waals surface area contributed by atoms with Gasteiger partial charge in [0.15, 0.2) is 0 Å². The molecule has 0 aromatic heterocycles. The van der Waals surface area contributed by atoms with Gasteiger partial charge >= 0.3 is 12.0 Å². The zero-order chi connectivity index (χ0) is 16.0. The van der Waals surface area contributed by atoms with E-state index in [-0.39, 0.29) is 5.92 Å². The normalized spacial score (nSPS) is 26.5. The number of carbonyl (C=O) groups excluding carboxylic acids is 1. The topological polar surface area (TPSA) is 93.4 Å². The van der Waals surface area contributed by atoms with Crippen LogP contribution in [0.4, 0.5) is 4.79 Å².